The van der Waals surface area contributed by atoms with Crippen molar-refractivity contribution in [1.82, 2.24) is 4.98 Å². The summed E-state index contributed by atoms with van der Waals surface area (Å²) < 4.78 is 18.9. The van der Waals surface area contributed by atoms with E-state index < -0.39 is 29.3 Å². The number of phenolic OH excluding ortho intramolecular Hbond substituents is 1. The molecule has 4 rings (SSSR count). The minimum Gasteiger partial charge on any atom is -0.507 e. The van der Waals surface area contributed by atoms with E-state index in [0.717, 1.165) is 22.7 Å². The van der Waals surface area contributed by atoms with Crippen LogP contribution in [0.5, 0.6) is 11.5 Å². The topological polar surface area (TPSA) is 100.0 Å². The molecular formula is C24H21FN2O5S. The van der Waals surface area contributed by atoms with Gasteiger partial charge in [-0.2, -0.15) is 0 Å². The van der Waals surface area contributed by atoms with E-state index in [1.165, 1.54) is 40.5 Å². The lowest BCUT2D eigenvalue weighted by Crippen LogP contribution is -2.29. The standard InChI is InChI=1S/C24H21FN2O5S/c1-4-32-18-11-15(7-10-17(18)28)20-19(21(29)14-5-8-16(25)9-6-14)22(30)23(31)27(20)24-26-12(2)13(3)33-24/h5-11,20,28-29H,4H2,1-3H3/b21-19+/t20-/m0/s1. The second-order valence-corrected chi connectivity index (χ2v) is 8.66. The molecule has 1 amide bonds. The van der Waals surface area contributed by atoms with E-state index in [4.69, 9.17) is 4.74 Å². The number of amides is 1. The summed E-state index contributed by atoms with van der Waals surface area (Å²) in [6.45, 7) is 5.70. The van der Waals surface area contributed by atoms with Gasteiger partial charge in [-0.25, -0.2) is 9.37 Å². The van der Waals surface area contributed by atoms with Crippen molar-refractivity contribution >= 4 is 33.9 Å². The first-order chi connectivity index (χ1) is 15.7. The van der Waals surface area contributed by atoms with Crippen LogP contribution in [0.1, 0.15) is 34.7 Å². The number of rotatable bonds is 5. The van der Waals surface area contributed by atoms with Crippen molar-refractivity contribution in [3.8, 4) is 11.5 Å². The van der Waals surface area contributed by atoms with Crippen molar-refractivity contribution < 1.29 is 28.9 Å². The fourth-order valence-corrected chi connectivity index (χ4v) is 4.58. The van der Waals surface area contributed by atoms with E-state index in [1.807, 2.05) is 6.92 Å². The van der Waals surface area contributed by atoms with Gasteiger partial charge in [0.05, 0.1) is 23.9 Å². The van der Waals surface area contributed by atoms with Gasteiger partial charge in [0, 0.05) is 10.4 Å². The van der Waals surface area contributed by atoms with Gasteiger partial charge in [-0.05, 0) is 62.7 Å². The number of hydrogen-bond acceptors (Lipinski definition) is 7. The number of aliphatic hydroxyl groups is 1. The summed E-state index contributed by atoms with van der Waals surface area (Å²) in [7, 11) is 0. The molecule has 1 fully saturated rings. The molecule has 1 aromatic heterocycles. The average Bonchev–Trinajstić information content (AvgIpc) is 3.25. The molecule has 9 heteroatoms. The van der Waals surface area contributed by atoms with Crippen LogP contribution in [0.3, 0.4) is 0 Å². The maximum atomic E-state index is 13.4. The number of ketones is 1. The number of halogens is 1. The first-order valence-corrected chi connectivity index (χ1v) is 11.0. The van der Waals surface area contributed by atoms with Gasteiger partial charge in [-0.15, -0.1) is 11.3 Å². The molecule has 0 radical (unpaired) electrons. The highest BCUT2D eigenvalue weighted by Gasteiger charge is 2.48. The number of nitrogens with zero attached hydrogens (tertiary/aromatic N) is 2. The highest BCUT2D eigenvalue weighted by Crippen LogP contribution is 2.45. The van der Waals surface area contributed by atoms with Crippen LogP contribution in [0.25, 0.3) is 5.76 Å². The van der Waals surface area contributed by atoms with Crippen LogP contribution in [0.15, 0.2) is 48.0 Å². The van der Waals surface area contributed by atoms with E-state index in [0.29, 0.717) is 10.7 Å². The van der Waals surface area contributed by atoms with Crippen LogP contribution in [-0.4, -0.2) is 33.5 Å². The number of anilines is 1. The van der Waals surface area contributed by atoms with Crippen molar-refractivity contribution in [3.05, 3.63) is 75.6 Å². The highest BCUT2D eigenvalue weighted by atomic mass is 32.1. The van der Waals surface area contributed by atoms with Crippen LogP contribution in [0.2, 0.25) is 0 Å². The van der Waals surface area contributed by atoms with Crippen molar-refractivity contribution in [1.29, 1.82) is 0 Å². The lowest BCUT2D eigenvalue weighted by atomic mass is 9.95. The minimum absolute atomic E-state index is 0.1000. The Morgan fingerprint density at radius 3 is 2.48 bits per heavy atom. The van der Waals surface area contributed by atoms with E-state index in [9.17, 15) is 24.2 Å². The third-order valence-electron chi connectivity index (χ3n) is 5.38. The minimum atomic E-state index is -1.03. The molecule has 2 N–H and O–H groups in total. The second-order valence-electron chi connectivity index (χ2n) is 7.47. The zero-order valence-electron chi connectivity index (χ0n) is 18.1. The SMILES string of the molecule is CCOc1cc([C@H]2/C(=C(\O)c3ccc(F)cc3)C(=O)C(=O)N2c2nc(C)c(C)s2)ccc1O. The number of benzene rings is 2. The predicted octanol–water partition coefficient (Wildman–Crippen LogP) is 4.63. The molecule has 33 heavy (non-hydrogen) atoms. The van der Waals surface area contributed by atoms with E-state index in [1.54, 1.807) is 19.9 Å². The molecule has 2 heterocycles. The van der Waals surface area contributed by atoms with Gasteiger partial charge in [-0.3, -0.25) is 14.5 Å². The molecule has 7 nitrogen and oxygen atoms in total. The van der Waals surface area contributed by atoms with Gasteiger partial charge in [0.15, 0.2) is 16.6 Å². The van der Waals surface area contributed by atoms with Crippen molar-refractivity contribution in [2.24, 2.45) is 0 Å². The number of aromatic nitrogens is 1. The van der Waals surface area contributed by atoms with Gasteiger partial charge in [-0.1, -0.05) is 6.07 Å². The molecule has 1 aliphatic heterocycles. The first-order valence-electron chi connectivity index (χ1n) is 10.2. The number of carbonyl (C=O) groups excluding carboxylic acids is 2. The monoisotopic (exact) mass is 468 g/mol. The largest absolute Gasteiger partial charge is 0.507 e. The second kappa shape index (κ2) is 8.67. The Kier molecular flexibility index (Phi) is 5.90. The number of carbonyl (C=O) groups is 2. The van der Waals surface area contributed by atoms with E-state index >= 15 is 0 Å². The predicted molar refractivity (Wildman–Crippen MR) is 122 cm³/mol. The Hall–Kier alpha value is -3.72. The molecule has 1 atom stereocenters. The van der Waals surface area contributed by atoms with Gasteiger partial charge < -0.3 is 14.9 Å². The molecule has 2 aromatic carbocycles. The molecule has 0 spiro atoms. The zero-order valence-corrected chi connectivity index (χ0v) is 18.9. The Balaban J connectivity index is 1.96. The van der Waals surface area contributed by atoms with Gasteiger partial charge in [0.2, 0.25) is 0 Å². The van der Waals surface area contributed by atoms with Crippen molar-refractivity contribution in [2.75, 3.05) is 11.5 Å². The van der Waals surface area contributed by atoms with Crippen LogP contribution in [-0.2, 0) is 9.59 Å². The number of thiazole rings is 1. The maximum Gasteiger partial charge on any atom is 0.301 e. The zero-order chi connectivity index (χ0) is 23.9. The van der Waals surface area contributed by atoms with Crippen LogP contribution in [0.4, 0.5) is 9.52 Å². The number of Topliss-reactive ketones (excluding diaryl/α,β-unsaturated/α-hetero) is 1. The fraction of sp³-hybridized carbons (Fsp3) is 0.208. The highest BCUT2D eigenvalue weighted by molar-refractivity contribution is 7.16. The Labute approximate surface area is 193 Å². The molecule has 3 aromatic rings. The van der Waals surface area contributed by atoms with Gasteiger partial charge in [0.1, 0.15) is 11.6 Å². The van der Waals surface area contributed by atoms with Crippen LogP contribution < -0.4 is 9.64 Å². The van der Waals surface area contributed by atoms with Crippen molar-refractivity contribution in [3.63, 3.8) is 0 Å². The third-order valence-corrected chi connectivity index (χ3v) is 6.46. The Bertz CT molecular complexity index is 1260. The maximum absolute atomic E-state index is 13.4. The number of ether oxygens (including phenoxy) is 1. The first kappa shape index (κ1) is 22.5. The van der Waals surface area contributed by atoms with Crippen LogP contribution in [0, 0.1) is 19.7 Å². The quantitative estimate of drug-likeness (QED) is 0.322. The van der Waals surface area contributed by atoms with E-state index in [2.05, 4.69) is 4.98 Å². The molecule has 0 bridgehead atoms. The molecule has 0 unspecified atom stereocenters. The summed E-state index contributed by atoms with van der Waals surface area (Å²) >= 11 is 1.25. The molecule has 0 saturated carbocycles. The third kappa shape index (κ3) is 3.95. The summed E-state index contributed by atoms with van der Waals surface area (Å²) in [5, 5.41) is 21.5. The fourth-order valence-electron chi connectivity index (χ4n) is 3.64. The smallest absolute Gasteiger partial charge is 0.301 e. The molecular weight excluding hydrogens is 447 g/mol. The number of phenols is 1. The number of aryl methyl sites for hydroxylation is 2. The molecule has 1 aliphatic rings. The normalized spacial score (nSPS) is 17.6. The Morgan fingerprint density at radius 1 is 1.18 bits per heavy atom. The summed E-state index contributed by atoms with van der Waals surface area (Å²) in [6.07, 6.45) is 0. The summed E-state index contributed by atoms with van der Waals surface area (Å²) in [4.78, 5) is 32.8. The van der Waals surface area contributed by atoms with Crippen LogP contribution >= 0.6 is 11.3 Å². The Morgan fingerprint density at radius 2 is 1.88 bits per heavy atom. The average molecular weight is 469 g/mol. The summed E-state index contributed by atoms with van der Waals surface area (Å²) in [6, 6.07) is 8.41. The lowest BCUT2D eigenvalue weighted by Gasteiger charge is -2.23. The number of aromatic hydroxyl groups is 1. The summed E-state index contributed by atoms with van der Waals surface area (Å²) in [5.74, 6) is -2.60. The number of aliphatic hydroxyl groups excluding tert-OH is 1. The lowest BCUT2D eigenvalue weighted by molar-refractivity contribution is -0.132. The summed E-state index contributed by atoms with van der Waals surface area (Å²) in [5.41, 5.74) is 1.18. The van der Waals surface area contributed by atoms with E-state index in [-0.39, 0.29) is 29.2 Å². The molecule has 1 saturated heterocycles. The van der Waals surface area contributed by atoms with Gasteiger partial charge >= 0.3 is 5.91 Å². The molecule has 170 valence electrons. The molecule has 0 aliphatic carbocycles. The van der Waals surface area contributed by atoms with Crippen molar-refractivity contribution in [2.45, 2.75) is 26.8 Å². The number of hydrogen-bond donors (Lipinski definition) is 2. The van der Waals surface area contributed by atoms with Gasteiger partial charge in [0.25, 0.3) is 5.78 Å².